The number of anilines is 1. The van der Waals surface area contributed by atoms with Crippen molar-refractivity contribution >= 4 is 27.5 Å². The number of hydrogen-bond acceptors (Lipinski definition) is 5. The van der Waals surface area contributed by atoms with Crippen LogP contribution in [0.2, 0.25) is 0 Å². The van der Waals surface area contributed by atoms with E-state index in [9.17, 15) is 18.0 Å². The first-order valence-electron chi connectivity index (χ1n) is 11.2. The lowest BCUT2D eigenvalue weighted by Crippen LogP contribution is -2.46. The molecule has 8 nitrogen and oxygen atoms in total. The van der Waals surface area contributed by atoms with Gasteiger partial charge in [0.25, 0.3) is 5.91 Å². The summed E-state index contributed by atoms with van der Waals surface area (Å²) in [6.45, 7) is 5.07. The highest BCUT2D eigenvalue weighted by Gasteiger charge is 2.36. The predicted octanol–water partition coefficient (Wildman–Crippen LogP) is 2.78. The molecule has 2 amide bonds. The molecule has 1 saturated heterocycles. The van der Waals surface area contributed by atoms with E-state index in [1.807, 2.05) is 37.3 Å². The normalized spacial score (nSPS) is 18.7. The van der Waals surface area contributed by atoms with Gasteiger partial charge in [0.1, 0.15) is 5.75 Å². The Morgan fingerprint density at radius 2 is 2.00 bits per heavy atom. The summed E-state index contributed by atoms with van der Waals surface area (Å²) in [6.07, 6.45) is 1.28. The number of fused-ring (bicyclic) bond motifs is 1. The van der Waals surface area contributed by atoms with Crippen LogP contribution in [-0.2, 0) is 26.2 Å². The Morgan fingerprint density at radius 3 is 2.73 bits per heavy atom. The molecule has 1 N–H and O–H groups in total. The maximum Gasteiger partial charge on any atom is 0.262 e. The number of ether oxygens (including phenoxy) is 1. The molecule has 0 spiro atoms. The van der Waals surface area contributed by atoms with Crippen LogP contribution in [0.25, 0.3) is 0 Å². The molecule has 1 atom stereocenters. The Kier molecular flexibility index (Phi) is 6.71. The SMILES string of the molecule is CCN(Cc1ccccc1)C(=O)[C@H]1CCCN(S(=O)(=O)c2cc3c(cc2C)NC(=O)CO3)C1. The second-order valence-corrected chi connectivity index (χ2v) is 10.4. The van der Waals surface area contributed by atoms with E-state index < -0.39 is 10.0 Å². The number of rotatable bonds is 6. The molecule has 2 aliphatic heterocycles. The van der Waals surface area contributed by atoms with E-state index in [-0.39, 0.29) is 35.8 Å². The molecular formula is C24H29N3O5S. The summed E-state index contributed by atoms with van der Waals surface area (Å²) >= 11 is 0. The van der Waals surface area contributed by atoms with Gasteiger partial charge >= 0.3 is 0 Å². The van der Waals surface area contributed by atoms with Crippen LogP contribution in [0.4, 0.5) is 5.69 Å². The molecule has 0 bridgehead atoms. The largest absolute Gasteiger partial charge is 0.482 e. The van der Waals surface area contributed by atoms with E-state index in [0.29, 0.717) is 49.5 Å². The number of benzene rings is 2. The van der Waals surface area contributed by atoms with Crippen molar-refractivity contribution in [3.05, 3.63) is 53.6 Å². The van der Waals surface area contributed by atoms with Crippen molar-refractivity contribution in [1.82, 2.24) is 9.21 Å². The molecule has 0 unspecified atom stereocenters. The maximum atomic E-state index is 13.5. The van der Waals surface area contributed by atoms with Crippen molar-refractivity contribution in [2.75, 3.05) is 31.6 Å². The number of piperidine rings is 1. The number of nitrogens with one attached hydrogen (secondary N) is 1. The highest BCUT2D eigenvalue weighted by Crippen LogP contribution is 2.35. The first-order valence-corrected chi connectivity index (χ1v) is 12.6. The third-order valence-electron chi connectivity index (χ3n) is 6.17. The highest BCUT2D eigenvalue weighted by atomic mass is 32.2. The second kappa shape index (κ2) is 9.52. The average molecular weight is 472 g/mol. The lowest BCUT2D eigenvalue weighted by Gasteiger charge is -2.34. The molecule has 0 aromatic heterocycles. The Morgan fingerprint density at radius 1 is 1.24 bits per heavy atom. The molecule has 1 fully saturated rings. The fraction of sp³-hybridized carbons (Fsp3) is 0.417. The van der Waals surface area contributed by atoms with Crippen molar-refractivity contribution < 1.29 is 22.7 Å². The molecule has 2 aromatic rings. The van der Waals surface area contributed by atoms with Crippen LogP contribution in [0.1, 0.15) is 30.9 Å². The quantitative estimate of drug-likeness (QED) is 0.699. The second-order valence-electron chi connectivity index (χ2n) is 8.49. The average Bonchev–Trinajstić information content (AvgIpc) is 2.82. The molecule has 2 aliphatic rings. The zero-order valence-corrected chi connectivity index (χ0v) is 19.7. The number of aryl methyl sites for hydroxylation is 1. The number of amides is 2. The number of hydrogen-bond donors (Lipinski definition) is 1. The lowest BCUT2D eigenvalue weighted by atomic mass is 9.98. The van der Waals surface area contributed by atoms with Crippen LogP contribution in [0.15, 0.2) is 47.4 Å². The van der Waals surface area contributed by atoms with E-state index in [2.05, 4.69) is 5.32 Å². The van der Waals surface area contributed by atoms with Gasteiger partial charge in [-0.3, -0.25) is 9.59 Å². The standard InChI is InChI=1S/C24H29N3O5S/c1-3-26(14-18-8-5-4-6-9-18)24(29)19-10-7-11-27(15-19)33(30,31)22-13-21-20(12-17(22)2)25-23(28)16-32-21/h4-6,8-9,12-13,19H,3,7,10-11,14-16H2,1-2H3,(H,25,28)/t19-/m0/s1. The van der Waals surface area contributed by atoms with Crippen LogP contribution in [0, 0.1) is 12.8 Å². The van der Waals surface area contributed by atoms with E-state index in [1.165, 1.54) is 10.4 Å². The molecular weight excluding hydrogens is 442 g/mol. The van der Waals surface area contributed by atoms with Crippen LogP contribution in [0.5, 0.6) is 5.75 Å². The van der Waals surface area contributed by atoms with E-state index in [4.69, 9.17) is 4.74 Å². The Bertz CT molecular complexity index is 1150. The summed E-state index contributed by atoms with van der Waals surface area (Å²) in [6, 6.07) is 12.9. The molecule has 176 valence electrons. The van der Waals surface area contributed by atoms with Crippen LogP contribution >= 0.6 is 0 Å². The number of carbonyl (C=O) groups is 2. The van der Waals surface area contributed by atoms with Crippen molar-refractivity contribution in [1.29, 1.82) is 0 Å². The van der Waals surface area contributed by atoms with Gasteiger partial charge in [-0.2, -0.15) is 4.31 Å². The van der Waals surface area contributed by atoms with Gasteiger partial charge in [-0.05, 0) is 43.9 Å². The van der Waals surface area contributed by atoms with Gasteiger partial charge in [-0.1, -0.05) is 30.3 Å². The molecule has 9 heteroatoms. The Balaban J connectivity index is 1.53. The first kappa shape index (κ1) is 23.3. The number of carbonyl (C=O) groups excluding carboxylic acids is 2. The summed E-state index contributed by atoms with van der Waals surface area (Å²) in [5.41, 5.74) is 2.03. The topological polar surface area (TPSA) is 96.0 Å². The lowest BCUT2D eigenvalue weighted by molar-refractivity contribution is -0.137. The summed E-state index contributed by atoms with van der Waals surface area (Å²) in [4.78, 5) is 26.8. The van der Waals surface area contributed by atoms with Crippen molar-refractivity contribution in [2.45, 2.75) is 38.1 Å². The Hall–Kier alpha value is -2.91. The van der Waals surface area contributed by atoms with E-state index >= 15 is 0 Å². The van der Waals surface area contributed by atoms with E-state index in [0.717, 1.165) is 5.56 Å². The summed E-state index contributed by atoms with van der Waals surface area (Å²) in [5.74, 6) is -0.338. The molecule has 2 heterocycles. The fourth-order valence-electron chi connectivity index (χ4n) is 4.40. The minimum atomic E-state index is -3.83. The fourth-order valence-corrected chi connectivity index (χ4v) is 6.15. The van der Waals surface area contributed by atoms with E-state index in [1.54, 1.807) is 17.9 Å². The summed E-state index contributed by atoms with van der Waals surface area (Å²) in [5, 5.41) is 2.70. The molecule has 33 heavy (non-hydrogen) atoms. The van der Waals surface area contributed by atoms with Crippen LogP contribution in [0.3, 0.4) is 0 Å². The molecule has 0 radical (unpaired) electrons. The van der Waals surface area contributed by atoms with Crippen molar-refractivity contribution in [2.24, 2.45) is 5.92 Å². The van der Waals surface area contributed by atoms with Gasteiger partial charge in [0.05, 0.1) is 16.5 Å². The zero-order chi connectivity index (χ0) is 23.6. The molecule has 2 aromatic carbocycles. The highest BCUT2D eigenvalue weighted by molar-refractivity contribution is 7.89. The predicted molar refractivity (Wildman–Crippen MR) is 124 cm³/mol. The minimum absolute atomic E-state index is 0.0190. The van der Waals surface area contributed by atoms with Gasteiger partial charge in [0.15, 0.2) is 6.61 Å². The smallest absolute Gasteiger partial charge is 0.262 e. The van der Waals surface area contributed by atoms with Crippen molar-refractivity contribution in [3.8, 4) is 5.75 Å². The molecule has 4 rings (SSSR count). The van der Waals surface area contributed by atoms with Crippen molar-refractivity contribution in [3.63, 3.8) is 0 Å². The molecule has 0 aliphatic carbocycles. The van der Waals surface area contributed by atoms with Gasteiger partial charge in [0.2, 0.25) is 15.9 Å². The van der Waals surface area contributed by atoms with Gasteiger partial charge in [-0.15, -0.1) is 0 Å². The number of sulfonamides is 1. The maximum absolute atomic E-state index is 13.5. The summed E-state index contributed by atoms with van der Waals surface area (Å²) in [7, 11) is -3.83. The molecule has 0 saturated carbocycles. The zero-order valence-electron chi connectivity index (χ0n) is 18.9. The third-order valence-corrected chi connectivity index (χ3v) is 8.18. The minimum Gasteiger partial charge on any atom is -0.482 e. The summed E-state index contributed by atoms with van der Waals surface area (Å²) < 4.78 is 33.9. The number of nitrogens with zero attached hydrogens (tertiary/aromatic N) is 2. The van der Waals surface area contributed by atoms with Gasteiger partial charge < -0.3 is 15.0 Å². The third kappa shape index (κ3) is 4.89. The monoisotopic (exact) mass is 471 g/mol. The van der Waals surface area contributed by atoms with Gasteiger partial charge in [0, 0.05) is 32.2 Å². The first-order chi connectivity index (χ1) is 15.8. The van der Waals surface area contributed by atoms with Gasteiger partial charge in [-0.25, -0.2) is 8.42 Å². The van der Waals surface area contributed by atoms with Crippen LogP contribution < -0.4 is 10.1 Å². The Labute approximate surface area is 194 Å². The van der Waals surface area contributed by atoms with Crippen LogP contribution in [-0.4, -0.2) is 55.7 Å².